The van der Waals surface area contributed by atoms with Crippen LogP contribution in [0, 0.1) is 11.8 Å². The third-order valence-corrected chi connectivity index (χ3v) is 2.62. The summed E-state index contributed by atoms with van der Waals surface area (Å²) in [6.07, 6.45) is 0.453. The van der Waals surface area contributed by atoms with Gasteiger partial charge in [-0.3, -0.25) is 9.59 Å². The van der Waals surface area contributed by atoms with Crippen LogP contribution >= 0.6 is 0 Å². The molecule has 4 heteroatoms. The second-order valence-electron chi connectivity index (χ2n) is 3.16. The van der Waals surface area contributed by atoms with Crippen LogP contribution in [0.5, 0.6) is 0 Å². The van der Waals surface area contributed by atoms with E-state index in [4.69, 9.17) is 5.11 Å². The highest BCUT2D eigenvalue weighted by molar-refractivity contribution is 5.91. The van der Waals surface area contributed by atoms with Crippen molar-refractivity contribution in [1.82, 2.24) is 5.32 Å². The highest BCUT2D eigenvalue weighted by atomic mass is 16.4. The fraction of sp³-hybridized carbons (Fsp3) is 0.714. The van der Waals surface area contributed by atoms with E-state index >= 15 is 0 Å². The number of carboxylic acid groups (broad SMARTS) is 1. The first-order valence-corrected chi connectivity index (χ1v) is 3.69. The molecular formula is C7H9NO3. The van der Waals surface area contributed by atoms with Gasteiger partial charge in [-0.15, -0.1) is 0 Å². The van der Waals surface area contributed by atoms with Crippen LogP contribution in [0.3, 0.4) is 0 Å². The first-order chi connectivity index (χ1) is 5.20. The highest BCUT2D eigenvalue weighted by Crippen LogP contribution is 2.37. The molecule has 0 bridgehead atoms. The average molecular weight is 155 g/mol. The minimum absolute atomic E-state index is 0.00361. The maximum atomic E-state index is 10.8. The Kier molecular flexibility index (Phi) is 1.26. The lowest BCUT2D eigenvalue weighted by molar-refractivity contribution is -0.143. The van der Waals surface area contributed by atoms with Crippen molar-refractivity contribution >= 4 is 11.8 Å². The summed E-state index contributed by atoms with van der Waals surface area (Å²) in [5.41, 5.74) is 0. The number of carbonyl (C=O) groups excluding carboxylic acids is 1. The molecule has 0 aromatic carbocycles. The molecule has 11 heavy (non-hydrogen) atoms. The zero-order valence-corrected chi connectivity index (χ0v) is 5.91. The van der Waals surface area contributed by atoms with Crippen molar-refractivity contribution in [2.45, 2.75) is 12.5 Å². The lowest BCUT2D eigenvalue weighted by Crippen LogP contribution is -2.43. The lowest BCUT2D eigenvalue weighted by atomic mass is 9.72. The number of rotatable bonds is 1. The Morgan fingerprint density at radius 2 is 2.36 bits per heavy atom. The van der Waals surface area contributed by atoms with Crippen molar-refractivity contribution < 1.29 is 14.7 Å². The molecule has 3 atom stereocenters. The highest BCUT2D eigenvalue weighted by Gasteiger charge is 2.51. The Morgan fingerprint density at radius 3 is 2.82 bits per heavy atom. The normalized spacial score (nSPS) is 41.5. The van der Waals surface area contributed by atoms with Crippen LogP contribution in [0.4, 0.5) is 0 Å². The minimum Gasteiger partial charge on any atom is -0.480 e. The van der Waals surface area contributed by atoms with Gasteiger partial charge in [0.25, 0.3) is 0 Å². The van der Waals surface area contributed by atoms with Gasteiger partial charge in [0, 0.05) is 24.8 Å². The molecule has 0 aromatic rings. The molecule has 1 aliphatic heterocycles. The molecule has 1 heterocycles. The van der Waals surface area contributed by atoms with Crippen molar-refractivity contribution in [3.8, 4) is 0 Å². The van der Waals surface area contributed by atoms with Gasteiger partial charge in [-0.2, -0.15) is 0 Å². The number of fused-ring (bicyclic) bond motifs is 1. The van der Waals surface area contributed by atoms with E-state index in [0.717, 1.165) is 0 Å². The van der Waals surface area contributed by atoms with Gasteiger partial charge in [0.1, 0.15) is 11.8 Å². The Bertz CT molecular complexity index is 226. The van der Waals surface area contributed by atoms with Crippen LogP contribution in [0.1, 0.15) is 6.42 Å². The molecule has 2 fully saturated rings. The van der Waals surface area contributed by atoms with E-state index in [1.807, 2.05) is 0 Å². The van der Waals surface area contributed by atoms with Gasteiger partial charge in [-0.1, -0.05) is 0 Å². The smallest absolute Gasteiger partial charge is 0.321 e. The van der Waals surface area contributed by atoms with Crippen LogP contribution in [0.2, 0.25) is 0 Å². The van der Waals surface area contributed by atoms with Gasteiger partial charge < -0.3 is 10.4 Å². The molecule has 0 spiro atoms. The van der Waals surface area contributed by atoms with Gasteiger partial charge >= 0.3 is 5.97 Å². The molecule has 0 unspecified atom stereocenters. The van der Waals surface area contributed by atoms with Crippen molar-refractivity contribution in [2.24, 2.45) is 11.8 Å². The first-order valence-electron chi connectivity index (χ1n) is 3.69. The van der Waals surface area contributed by atoms with Gasteiger partial charge in [-0.05, 0) is 0 Å². The number of carboxylic acids is 1. The van der Waals surface area contributed by atoms with E-state index in [1.54, 1.807) is 0 Å². The number of nitrogens with one attached hydrogen (secondary N) is 1. The van der Waals surface area contributed by atoms with Crippen LogP contribution < -0.4 is 5.32 Å². The molecule has 0 amide bonds. The zero-order chi connectivity index (χ0) is 8.01. The van der Waals surface area contributed by atoms with E-state index in [-0.39, 0.29) is 17.6 Å². The maximum absolute atomic E-state index is 10.8. The topological polar surface area (TPSA) is 66.4 Å². The maximum Gasteiger partial charge on any atom is 0.321 e. The molecular weight excluding hydrogens is 146 g/mol. The van der Waals surface area contributed by atoms with Crippen LogP contribution in [-0.2, 0) is 9.59 Å². The van der Waals surface area contributed by atoms with Gasteiger partial charge in [-0.25, -0.2) is 0 Å². The van der Waals surface area contributed by atoms with E-state index in [9.17, 15) is 9.59 Å². The number of Topliss-reactive ketones (excluding diaryl/α,β-unsaturated/α-hetero) is 1. The third kappa shape index (κ3) is 0.790. The fourth-order valence-corrected chi connectivity index (χ4v) is 1.90. The average Bonchev–Trinajstić information content (AvgIpc) is 2.25. The summed E-state index contributed by atoms with van der Waals surface area (Å²) >= 11 is 0. The summed E-state index contributed by atoms with van der Waals surface area (Å²) in [7, 11) is 0. The molecule has 2 aliphatic rings. The van der Waals surface area contributed by atoms with Crippen LogP contribution in [-0.4, -0.2) is 29.4 Å². The second-order valence-corrected chi connectivity index (χ2v) is 3.16. The predicted molar refractivity (Wildman–Crippen MR) is 36.0 cm³/mol. The second kappa shape index (κ2) is 2.04. The summed E-state index contributed by atoms with van der Waals surface area (Å²) < 4.78 is 0. The summed E-state index contributed by atoms with van der Waals surface area (Å²) in [5, 5.41) is 11.5. The molecule has 0 aromatic heterocycles. The van der Waals surface area contributed by atoms with Crippen LogP contribution in [0.25, 0.3) is 0 Å². The van der Waals surface area contributed by atoms with E-state index < -0.39 is 12.0 Å². The van der Waals surface area contributed by atoms with Gasteiger partial charge in [0.15, 0.2) is 0 Å². The Hall–Kier alpha value is -0.900. The lowest BCUT2D eigenvalue weighted by Gasteiger charge is -2.29. The van der Waals surface area contributed by atoms with Crippen molar-refractivity contribution in [2.75, 3.05) is 6.54 Å². The number of carbonyl (C=O) groups is 2. The van der Waals surface area contributed by atoms with Gasteiger partial charge in [0.05, 0.1) is 0 Å². The zero-order valence-electron chi connectivity index (χ0n) is 5.91. The van der Waals surface area contributed by atoms with E-state index in [1.165, 1.54) is 0 Å². The van der Waals surface area contributed by atoms with Gasteiger partial charge in [0.2, 0.25) is 0 Å². The number of hydrogen-bond acceptors (Lipinski definition) is 3. The number of hydrogen-bond donors (Lipinski definition) is 2. The number of ketones is 1. The Morgan fingerprint density at radius 1 is 1.64 bits per heavy atom. The monoisotopic (exact) mass is 155 g/mol. The SMILES string of the molecule is O=C(O)[C@H]1NC[C@H]2C(=O)C[C@@H]12. The van der Waals surface area contributed by atoms with E-state index in [2.05, 4.69) is 5.32 Å². The molecule has 4 nitrogen and oxygen atoms in total. The fourth-order valence-electron chi connectivity index (χ4n) is 1.90. The summed E-state index contributed by atoms with van der Waals surface area (Å²) in [5.74, 6) is -0.549. The molecule has 1 saturated heterocycles. The quantitative estimate of drug-likeness (QED) is 0.522. The molecule has 60 valence electrons. The third-order valence-electron chi connectivity index (χ3n) is 2.62. The first kappa shape index (κ1) is 6.79. The van der Waals surface area contributed by atoms with E-state index in [0.29, 0.717) is 13.0 Å². The van der Waals surface area contributed by atoms with Crippen molar-refractivity contribution in [3.05, 3.63) is 0 Å². The van der Waals surface area contributed by atoms with Crippen LogP contribution in [0.15, 0.2) is 0 Å². The standard InChI is InChI=1S/C7H9NO3/c9-5-1-3-4(5)2-8-6(3)7(10)11/h3-4,6,8H,1-2H2,(H,10,11)/t3-,4-,6+/m1/s1. The molecule has 0 radical (unpaired) electrons. The van der Waals surface area contributed by atoms with Crippen molar-refractivity contribution in [1.29, 1.82) is 0 Å². The Labute approximate surface area is 63.6 Å². The Balaban J connectivity index is 2.09. The largest absolute Gasteiger partial charge is 0.480 e. The molecule has 2 N–H and O–H groups in total. The predicted octanol–water partition coefficient (Wildman–Crippen LogP) is -0.752. The number of aliphatic carboxylic acids is 1. The minimum atomic E-state index is -0.829. The molecule has 2 rings (SSSR count). The van der Waals surface area contributed by atoms with Crippen molar-refractivity contribution in [3.63, 3.8) is 0 Å². The molecule has 1 aliphatic carbocycles. The summed E-state index contributed by atoms with van der Waals surface area (Å²) in [6, 6.07) is -0.474. The summed E-state index contributed by atoms with van der Waals surface area (Å²) in [4.78, 5) is 21.4. The summed E-state index contributed by atoms with van der Waals surface area (Å²) in [6.45, 7) is 0.556. The molecule has 1 saturated carbocycles.